The molecule has 0 spiro atoms. The van der Waals surface area contributed by atoms with Crippen molar-refractivity contribution in [3.8, 4) is 0 Å². The van der Waals surface area contributed by atoms with Crippen molar-refractivity contribution < 1.29 is 17.7 Å². The molecule has 1 aromatic carbocycles. The summed E-state index contributed by atoms with van der Waals surface area (Å²) in [6, 6.07) is 6.76. The summed E-state index contributed by atoms with van der Waals surface area (Å²) in [4.78, 5) is 0.217. The molecule has 140 valence electrons. The smallest absolute Gasteiger partial charge is 0.296 e. The lowest BCUT2D eigenvalue weighted by Gasteiger charge is -2.45. The SMILES string of the molecule is Cc1ccc(S(=O)(=O)OCC(C)C2CCC3C(O)CCCC23C)cc1. The summed E-state index contributed by atoms with van der Waals surface area (Å²) in [5.74, 6) is 0.906. The van der Waals surface area contributed by atoms with Crippen LogP contribution in [0.3, 0.4) is 0 Å². The van der Waals surface area contributed by atoms with Gasteiger partial charge in [-0.2, -0.15) is 8.42 Å². The summed E-state index contributed by atoms with van der Waals surface area (Å²) >= 11 is 0. The quantitative estimate of drug-likeness (QED) is 0.803. The summed E-state index contributed by atoms with van der Waals surface area (Å²) in [5.41, 5.74) is 1.13. The molecule has 0 aliphatic heterocycles. The molecule has 1 aromatic rings. The molecule has 0 amide bonds. The Morgan fingerprint density at radius 3 is 2.60 bits per heavy atom. The van der Waals surface area contributed by atoms with Gasteiger partial charge in [0.05, 0.1) is 17.6 Å². The Morgan fingerprint density at radius 2 is 1.92 bits per heavy atom. The third kappa shape index (κ3) is 3.64. The van der Waals surface area contributed by atoms with Gasteiger partial charge in [0.1, 0.15) is 0 Å². The van der Waals surface area contributed by atoms with Crippen LogP contribution in [0, 0.1) is 30.1 Å². The molecule has 25 heavy (non-hydrogen) atoms. The van der Waals surface area contributed by atoms with Crippen LogP contribution in [0.25, 0.3) is 0 Å². The van der Waals surface area contributed by atoms with Gasteiger partial charge in [-0.3, -0.25) is 4.18 Å². The summed E-state index contributed by atoms with van der Waals surface area (Å²) in [6.07, 6.45) is 4.96. The van der Waals surface area contributed by atoms with Crippen molar-refractivity contribution in [2.75, 3.05) is 6.61 Å². The molecule has 1 N–H and O–H groups in total. The molecule has 2 fully saturated rings. The highest BCUT2D eigenvalue weighted by molar-refractivity contribution is 7.86. The lowest BCUT2D eigenvalue weighted by Crippen LogP contribution is -2.42. The molecule has 4 nitrogen and oxygen atoms in total. The van der Waals surface area contributed by atoms with Gasteiger partial charge < -0.3 is 5.11 Å². The first-order valence-corrected chi connectivity index (χ1v) is 10.8. The minimum absolute atomic E-state index is 0.105. The highest BCUT2D eigenvalue weighted by Crippen LogP contribution is 2.57. The fourth-order valence-corrected chi connectivity index (χ4v) is 6.21. The van der Waals surface area contributed by atoms with Gasteiger partial charge in [0, 0.05) is 0 Å². The Balaban J connectivity index is 1.66. The van der Waals surface area contributed by atoms with E-state index in [1.165, 1.54) is 0 Å². The molecule has 0 bridgehead atoms. The van der Waals surface area contributed by atoms with Gasteiger partial charge in [-0.05, 0) is 67.9 Å². The molecule has 0 aromatic heterocycles. The Bertz CT molecular complexity index is 697. The van der Waals surface area contributed by atoms with Crippen LogP contribution in [0.15, 0.2) is 29.2 Å². The van der Waals surface area contributed by atoms with Crippen LogP contribution in [0.2, 0.25) is 0 Å². The monoisotopic (exact) mass is 366 g/mol. The number of hydrogen-bond acceptors (Lipinski definition) is 4. The highest BCUT2D eigenvalue weighted by Gasteiger charge is 2.52. The summed E-state index contributed by atoms with van der Waals surface area (Å²) in [5, 5.41) is 10.3. The molecule has 2 aliphatic rings. The number of aliphatic hydroxyl groups is 1. The lowest BCUT2D eigenvalue weighted by atomic mass is 9.62. The summed E-state index contributed by atoms with van der Waals surface area (Å²) in [7, 11) is -3.71. The summed E-state index contributed by atoms with van der Waals surface area (Å²) < 4.78 is 30.2. The average Bonchev–Trinajstić information content (AvgIpc) is 2.92. The zero-order valence-electron chi connectivity index (χ0n) is 15.4. The van der Waals surface area contributed by atoms with E-state index in [2.05, 4.69) is 13.8 Å². The van der Waals surface area contributed by atoms with E-state index in [1.54, 1.807) is 24.3 Å². The van der Waals surface area contributed by atoms with E-state index in [9.17, 15) is 13.5 Å². The van der Waals surface area contributed by atoms with Crippen molar-refractivity contribution in [1.82, 2.24) is 0 Å². The molecular formula is C20H30O4S. The van der Waals surface area contributed by atoms with Crippen LogP contribution in [-0.4, -0.2) is 26.2 Å². The standard InChI is InChI=1S/C20H30O4S/c1-14-6-8-16(9-7-14)25(22,23)24-13-15(2)17-10-11-18-19(21)5-4-12-20(17,18)3/h6-9,15,17-19,21H,4-5,10-13H2,1-3H3. The molecule has 0 radical (unpaired) electrons. The maximum atomic E-state index is 12.4. The molecule has 0 saturated heterocycles. The van der Waals surface area contributed by atoms with Gasteiger partial charge in [-0.1, -0.05) is 38.0 Å². The Morgan fingerprint density at radius 1 is 1.24 bits per heavy atom. The second-order valence-corrected chi connectivity index (χ2v) is 9.90. The predicted molar refractivity (Wildman–Crippen MR) is 97.7 cm³/mol. The van der Waals surface area contributed by atoms with Crippen LogP contribution in [0.1, 0.15) is 51.5 Å². The molecule has 0 heterocycles. The maximum Gasteiger partial charge on any atom is 0.296 e. The number of rotatable bonds is 5. The predicted octanol–water partition coefficient (Wildman–Crippen LogP) is 3.91. The minimum atomic E-state index is -3.71. The molecule has 5 unspecified atom stereocenters. The third-order valence-corrected chi connectivity index (χ3v) is 7.94. The van der Waals surface area contributed by atoms with Crippen LogP contribution in [0.4, 0.5) is 0 Å². The topological polar surface area (TPSA) is 63.6 Å². The fourth-order valence-electron chi connectivity index (χ4n) is 5.21. The first kappa shape index (κ1) is 18.9. The van der Waals surface area contributed by atoms with Crippen LogP contribution >= 0.6 is 0 Å². The number of fused-ring (bicyclic) bond motifs is 1. The van der Waals surface area contributed by atoms with E-state index in [0.717, 1.165) is 37.7 Å². The normalized spacial score (nSPS) is 33.8. The largest absolute Gasteiger partial charge is 0.393 e. The Labute approximate surface area is 151 Å². The second-order valence-electron chi connectivity index (χ2n) is 8.28. The first-order chi connectivity index (χ1) is 11.7. The van der Waals surface area contributed by atoms with E-state index < -0.39 is 10.1 Å². The number of aryl methyl sites for hydroxylation is 1. The van der Waals surface area contributed by atoms with Gasteiger partial charge in [0.25, 0.3) is 10.1 Å². The minimum Gasteiger partial charge on any atom is -0.393 e. The van der Waals surface area contributed by atoms with Gasteiger partial charge >= 0.3 is 0 Å². The van der Waals surface area contributed by atoms with E-state index in [1.807, 2.05) is 6.92 Å². The van der Waals surface area contributed by atoms with Crippen molar-refractivity contribution in [1.29, 1.82) is 0 Å². The van der Waals surface area contributed by atoms with Crippen LogP contribution in [0.5, 0.6) is 0 Å². The average molecular weight is 367 g/mol. The second kappa shape index (κ2) is 7.01. The van der Waals surface area contributed by atoms with Crippen molar-refractivity contribution in [2.45, 2.75) is 63.9 Å². The molecule has 2 aliphatic carbocycles. The van der Waals surface area contributed by atoms with Crippen molar-refractivity contribution in [3.05, 3.63) is 29.8 Å². The fraction of sp³-hybridized carbons (Fsp3) is 0.700. The first-order valence-electron chi connectivity index (χ1n) is 9.38. The van der Waals surface area contributed by atoms with E-state index in [0.29, 0.717) is 11.8 Å². The number of benzene rings is 1. The molecular weight excluding hydrogens is 336 g/mol. The van der Waals surface area contributed by atoms with E-state index >= 15 is 0 Å². The lowest BCUT2D eigenvalue weighted by molar-refractivity contribution is -0.0307. The molecule has 5 atom stereocenters. The number of aliphatic hydroxyl groups excluding tert-OH is 1. The molecule has 2 saturated carbocycles. The zero-order chi connectivity index (χ0) is 18.2. The van der Waals surface area contributed by atoms with Crippen molar-refractivity contribution in [2.24, 2.45) is 23.2 Å². The van der Waals surface area contributed by atoms with Gasteiger partial charge in [0.2, 0.25) is 0 Å². The summed E-state index contributed by atoms with van der Waals surface area (Å²) in [6.45, 7) is 6.50. The Hall–Kier alpha value is -0.910. The van der Waals surface area contributed by atoms with Crippen LogP contribution in [-0.2, 0) is 14.3 Å². The highest BCUT2D eigenvalue weighted by atomic mass is 32.2. The number of hydrogen-bond donors (Lipinski definition) is 1. The van der Waals surface area contributed by atoms with Gasteiger partial charge in [0.15, 0.2) is 0 Å². The van der Waals surface area contributed by atoms with Crippen molar-refractivity contribution >= 4 is 10.1 Å². The molecule has 5 heteroatoms. The van der Waals surface area contributed by atoms with Gasteiger partial charge in [-0.15, -0.1) is 0 Å². The van der Waals surface area contributed by atoms with Crippen molar-refractivity contribution in [3.63, 3.8) is 0 Å². The van der Waals surface area contributed by atoms with E-state index in [-0.39, 0.29) is 28.9 Å². The maximum absolute atomic E-state index is 12.4. The van der Waals surface area contributed by atoms with Crippen LogP contribution < -0.4 is 0 Å². The zero-order valence-corrected chi connectivity index (χ0v) is 16.3. The third-order valence-electron chi connectivity index (χ3n) is 6.65. The Kier molecular flexibility index (Phi) is 5.29. The molecule has 3 rings (SSSR count). The van der Waals surface area contributed by atoms with Gasteiger partial charge in [-0.25, -0.2) is 0 Å². The van der Waals surface area contributed by atoms with E-state index in [4.69, 9.17) is 4.18 Å².